The lowest BCUT2D eigenvalue weighted by Gasteiger charge is -2.20. The molecule has 2 aromatic carbocycles. The molecule has 0 radical (unpaired) electrons. The Hall–Kier alpha value is -4.11. The van der Waals surface area contributed by atoms with Crippen LogP contribution in [0.3, 0.4) is 0 Å². The first-order valence-corrected chi connectivity index (χ1v) is 13.0. The zero-order chi connectivity index (χ0) is 25.3. The number of fused-ring (bicyclic) bond motifs is 1. The fourth-order valence-electron chi connectivity index (χ4n) is 4.55. The van der Waals surface area contributed by atoms with Gasteiger partial charge in [-0.3, -0.25) is 14.1 Å². The molecule has 1 unspecified atom stereocenters. The third kappa shape index (κ3) is 4.57. The lowest BCUT2D eigenvalue weighted by Crippen LogP contribution is -2.30. The van der Waals surface area contributed by atoms with Gasteiger partial charge in [0.2, 0.25) is 0 Å². The van der Waals surface area contributed by atoms with Gasteiger partial charge in [0, 0.05) is 43.0 Å². The molecule has 182 valence electrons. The van der Waals surface area contributed by atoms with Crippen molar-refractivity contribution in [1.29, 1.82) is 0 Å². The number of aryl methyl sites for hydroxylation is 1. The maximum absolute atomic E-state index is 13.9. The highest BCUT2D eigenvalue weighted by atomic mass is 32.2. The molecule has 0 saturated heterocycles. The van der Waals surface area contributed by atoms with Crippen LogP contribution in [0.4, 0.5) is 5.69 Å². The van der Waals surface area contributed by atoms with Crippen molar-refractivity contribution < 1.29 is 18.3 Å². The summed E-state index contributed by atoms with van der Waals surface area (Å²) in [6.07, 6.45) is 5.38. The van der Waals surface area contributed by atoms with Gasteiger partial charge in [-0.05, 0) is 66.4 Å². The van der Waals surface area contributed by atoms with Gasteiger partial charge in [-0.1, -0.05) is 24.3 Å². The van der Waals surface area contributed by atoms with Gasteiger partial charge in [0.1, 0.15) is 5.82 Å². The van der Waals surface area contributed by atoms with Crippen LogP contribution in [0.5, 0.6) is 0 Å². The molecule has 0 bridgehead atoms. The molecule has 9 heteroatoms. The van der Waals surface area contributed by atoms with Gasteiger partial charge in [-0.25, -0.2) is 18.4 Å². The van der Waals surface area contributed by atoms with E-state index in [1.165, 1.54) is 4.31 Å². The van der Waals surface area contributed by atoms with E-state index in [0.29, 0.717) is 29.2 Å². The summed E-state index contributed by atoms with van der Waals surface area (Å²) >= 11 is 0. The zero-order valence-corrected chi connectivity index (χ0v) is 20.4. The van der Waals surface area contributed by atoms with Gasteiger partial charge in [0.05, 0.1) is 16.3 Å². The largest absolute Gasteiger partial charge is 0.481 e. The topological polar surface area (TPSA) is 113 Å². The number of carboxylic acid groups (broad SMARTS) is 1. The summed E-state index contributed by atoms with van der Waals surface area (Å²) in [4.78, 5) is 24.1. The fourth-order valence-corrected chi connectivity index (χ4v) is 6.13. The Labute approximate surface area is 209 Å². The van der Waals surface area contributed by atoms with Gasteiger partial charge in [-0.15, -0.1) is 0 Å². The van der Waals surface area contributed by atoms with Crippen molar-refractivity contribution in [3.8, 4) is 22.4 Å². The Kier molecular flexibility index (Phi) is 6.24. The van der Waals surface area contributed by atoms with Crippen molar-refractivity contribution in [2.45, 2.75) is 30.6 Å². The van der Waals surface area contributed by atoms with Crippen LogP contribution in [0.1, 0.15) is 30.1 Å². The molecule has 0 fully saturated rings. The van der Waals surface area contributed by atoms with Crippen LogP contribution in [0, 0.1) is 6.92 Å². The van der Waals surface area contributed by atoms with Crippen molar-refractivity contribution in [2.24, 2.45) is 0 Å². The number of pyridine rings is 1. The Morgan fingerprint density at radius 2 is 1.86 bits per heavy atom. The predicted molar refractivity (Wildman–Crippen MR) is 136 cm³/mol. The minimum Gasteiger partial charge on any atom is -0.481 e. The van der Waals surface area contributed by atoms with E-state index < -0.39 is 16.0 Å². The highest BCUT2D eigenvalue weighted by molar-refractivity contribution is 7.92. The monoisotopic (exact) mass is 500 g/mol. The molecule has 0 spiro atoms. The smallest absolute Gasteiger partial charge is 0.303 e. The normalized spacial score (nSPS) is 15.0. The number of aliphatic carboxylic acids is 1. The number of rotatable bonds is 7. The molecule has 0 amide bonds. The molecule has 4 aromatic rings. The number of anilines is 1. The molecule has 1 N–H and O–H groups in total. The zero-order valence-electron chi connectivity index (χ0n) is 19.6. The minimum absolute atomic E-state index is 0.0440. The van der Waals surface area contributed by atoms with E-state index in [4.69, 9.17) is 0 Å². The Morgan fingerprint density at radius 1 is 1.03 bits per heavy atom. The van der Waals surface area contributed by atoms with Gasteiger partial charge in [0.15, 0.2) is 0 Å². The number of benzene rings is 2. The summed E-state index contributed by atoms with van der Waals surface area (Å²) in [6.45, 7) is 1.96. The van der Waals surface area contributed by atoms with Crippen molar-refractivity contribution in [2.75, 3.05) is 10.8 Å². The molecule has 0 aliphatic carbocycles. The third-order valence-corrected chi connectivity index (χ3v) is 8.09. The standard InChI is InChI=1S/C27H24N4O4S/c1-18-29-13-11-25(30-18)20-4-2-6-23(14-20)36(34,35)31-17-22(8-10-27(32)33)24-15-19(7-9-26(24)31)21-5-3-12-28-16-21/h2-7,9,11-16,22H,8,10,17H2,1H3,(H,32,33). The second kappa shape index (κ2) is 9.50. The molecule has 2 aromatic heterocycles. The molecule has 36 heavy (non-hydrogen) atoms. The maximum Gasteiger partial charge on any atom is 0.303 e. The molecular formula is C27H24N4O4S. The summed E-state index contributed by atoms with van der Waals surface area (Å²) in [6, 6.07) is 17.8. The van der Waals surface area contributed by atoms with Crippen molar-refractivity contribution >= 4 is 21.7 Å². The molecule has 3 heterocycles. The number of carboxylic acids is 1. The first-order chi connectivity index (χ1) is 17.3. The van der Waals surface area contributed by atoms with Crippen LogP contribution in [0.15, 0.2) is 84.1 Å². The Balaban J connectivity index is 1.55. The number of carbonyl (C=O) groups is 1. The lowest BCUT2D eigenvalue weighted by molar-refractivity contribution is -0.137. The van der Waals surface area contributed by atoms with Crippen LogP contribution in [-0.2, 0) is 14.8 Å². The summed E-state index contributed by atoms with van der Waals surface area (Å²) in [5, 5.41) is 9.27. The second-order valence-electron chi connectivity index (χ2n) is 8.70. The number of sulfonamides is 1. The molecule has 0 saturated carbocycles. The molecular weight excluding hydrogens is 476 g/mol. The van der Waals surface area contributed by atoms with E-state index in [2.05, 4.69) is 15.0 Å². The Bertz CT molecular complexity index is 1540. The molecule has 1 aliphatic heterocycles. The van der Waals surface area contributed by atoms with Crippen LogP contribution in [0.25, 0.3) is 22.4 Å². The lowest BCUT2D eigenvalue weighted by atomic mass is 9.93. The number of hydrogen-bond donors (Lipinski definition) is 1. The SMILES string of the molecule is Cc1nccc(-c2cccc(S(=O)(=O)N3CC(CCC(=O)O)c4cc(-c5cccnc5)ccc43)c2)n1. The molecule has 8 nitrogen and oxygen atoms in total. The van der Waals surface area contributed by atoms with Crippen LogP contribution >= 0.6 is 0 Å². The van der Waals surface area contributed by atoms with E-state index in [0.717, 1.165) is 16.7 Å². The third-order valence-electron chi connectivity index (χ3n) is 6.32. The summed E-state index contributed by atoms with van der Waals surface area (Å²) in [7, 11) is -3.91. The van der Waals surface area contributed by atoms with Crippen LogP contribution in [0.2, 0.25) is 0 Å². The molecule has 1 atom stereocenters. The highest BCUT2D eigenvalue weighted by Gasteiger charge is 2.37. The molecule has 5 rings (SSSR count). The maximum atomic E-state index is 13.9. The van der Waals surface area contributed by atoms with Crippen LogP contribution < -0.4 is 4.31 Å². The number of hydrogen-bond acceptors (Lipinski definition) is 6. The van der Waals surface area contributed by atoms with E-state index in [1.54, 1.807) is 55.8 Å². The number of aromatic nitrogens is 3. The average molecular weight is 501 g/mol. The number of nitrogens with zero attached hydrogens (tertiary/aromatic N) is 4. The first-order valence-electron chi connectivity index (χ1n) is 11.5. The average Bonchev–Trinajstić information content (AvgIpc) is 3.27. The highest BCUT2D eigenvalue weighted by Crippen LogP contribution is 2.43. The summed E-state index contributed by atoms with van der Waals surface area (Å²) < 4.78 is 29.1. The van der Waals surface area contributed by atoms with E-state index in [-0.39, 0.29) is 23.8 Å². The second-order valence-corrected chi connectivity index (χ2v) is 10.6. The summed E-state index contributed by atoms with van der Waals surface area (Å²) in [5.74, 6) is -0.552. The Morgan fingerprint density at radius 3 is 2.61 bits per heavy atom. The van der Waals surface area contributed by atoms with E-state index in [9.17, 15) is 18.3 Å². The quantitative estimate of drug-likeness (QED) is 0.392. The molecule has 1 aliphatic rings. The first kappa shape index (κ1) is 23.6. The van der Waals surface area contributed by atoms with Gasteiger partial charge >= 0.3 is 5.97 Å². The minimum atomic E-state index is -3.91. The van der Waals surface area contributed by atoms with Gasteiger partial charge in [0.25, 0.3) is 10.0 Å². The predicted octanol–water partition coefficient (Wildman–Crippen LogP) is 4.67. The summed E-state index contributed by atoms with van der Waals surface area (Å²) in [5.41, 5.74) is 4.52. The van der Waals surface area contributed by atoms with Crippen LogP contribution in [-0.4, -0.2) is 41.0 Å². The van der Waals surface area contributed by atoms with Gasteiger partial charge in [-0.2, -0.15) is 0 Å². The van der Waals surface area contributed by atoms with E-state index >= 15 is 0 Å². The fraction of sp³-hybridized carbons (Fsp3) is 0.185. The van der Waals surface area contributed by atoms with Crippen molar-refractivity contribution in [1.82, 2.24) is 15.0 Å². The van der Waals surface area contributed by atoms with Gasteiger partial charge < -0.3 is 5.11 Å². The van der Waals surface area contributed by atoms with E-state index in [1.807, 2.05) is 30.3 Å². The van der Waals surface area contributed by atoms with Crippen molar-refractivity contribution in [3.63, 3.8) is 0 Å². The van der Waals surface area contributed by atoms with Crippen molar-refractivity contribution in [3.05, 3.63) is 90.6 Å².